The van der Waals surface area contributed by atoms with Gasteiger partial charge in [-0.15, -0.1) is 0 Å². The van der Waals surface area contributed by atoms with Crippen LogP contribution in [0.4, 0.5) is 5.69 Å². The topological polar surface area (TPSA) is 73.1 Å². The highest BCUT2D eigenvalue weighted by molar-refractivity contribution is 5.91. The van der Waals surface area contributed by atoms with Crippen molar-refractivity contribution in [3.63, 3.8) is 0 Å². The molecule has 0 aliphatic carbocycles. The quantitative estimate of drug-likeness (QED) is 0.468. The Hall–Kier alpha value is -3.93. The van der Waals surface area contributed by atoms with Crippen LogP contribution < -0.4 is 16.6 Å². The van der Waals surface area contributed by atoms with E-state index >= 15 is 0 Å². The van der Waals surface area contributed by atoms with Gasteiger partial charge in [0.1, 0.15) is 6.54 Å². The fourth-order valence-electron chi connectivity index (χ4n) is 3.93. The average Bonchev–Trinajstić information content (AvgIpc) is 2.82. The van der Waals surface area contributed by atoms with Gasteiger partial charge >= 0.3 is 5.69 Å². The summed E-state index contributed by atoms with van der Waals surface area (Å²) in [6.45, 7) is 4.23. The largest absolute Gasteiger partial charge is 0.331 e. The highest BCUT2D eigenvalue weighted by Crippen LogP contribution is 2.18. The fraction of sp³-hybridized carbons (Fsp3) is 0.222. The van der Waals surface area contributed by atoms with Crippen LogP contribution in [-0.4, -0.2) is 15.0 Å². The van der Waals surface area contributed by atoms with E-state index in [9.17, 15) is 14.4 Å². The van der Waals surface area contributed by atoms with Crippen LogP contribution in [0.25, 0.3) is 10.9 Å². The normalized spacial score (nSPS) is 11.1. The van der Waals surface area contributed by atoms with E-state index in [1.807, 2.05) is 54.6 Å². The van der Waals surface area contributed by atoms with Gasteiger partial charge in [-0.2, -0.15) is 0 Å². The van der Waals surface area contributed by atoms with Crippen molar-refractivity contribution in [1.82, 2.24) is 9.13 Å². The number of anilines is 1. The van der Waals surface area contributed by atoms with Crippen LogP contribution in [0.1, 0.15) is 30.9 Å². The van der Waals surface area contributed by atoms with Gasteiger partial charge in [0, 0.05) is 12.2 Å². The molecule has 0 radical (unpaired) electrons. The predicted octanol–water partition coefficient (Wildman–Crippen LogP) is 4.17. The summed E-state index contributed by atoms with van der Waals surface area (Å²) in [5, 5.41) is 3.30. The third kappa shape index (κ3) is 4.95. The molecular formula is C27H27N3O3. The second kappa shape index (κ2) is 9.69. The Labute approximate surface area is 192 Å². The van der Waals surface area contributed by atoms with E-state index in [1.165, 1.54) is 9.13 Å². The molecule has 4 rings (SSSR count). The number of carbonyl (C=O) groups is 1. The van der Waals surface area contributed by atoms with E-state index in [4.69, 9.17) is 0 Å². The molecule has 0 fully saturated rings. The molecule has 3 aromatic carbocycles. The second-order valence-electron chi connectivity index (χ2n) is 8.41. The first-order chi connectivity index (χ1) is 15.9. The number of amides is 1. The van der Waals surface area contributed by atoms with Gasteiger partial charge in [-0.05, 0) is 47.7 Å². The molecule has 1 amide bonds. The number of aromatic nitrogens is 2. The molecule has 0 bridgehead atoms. The maximum absolute atomic E-state index is 13.3. The molecule has 6 nitrogen and oxygen atoms in total. The molecule has 0 saturated heterocycles. The second-order valence-corrected chi connectivity index (χ2v) is 8.41. The Balaban J connectivity index is 1.66. The first-order valence-electron chi connectivity index (χ1n) is 11.1. The van der Waals surface area contributed by atoms with Crippen molar-refractivity contribution in [3.05, 3.63) is 111 Å². The lowest BCUT2D eigenvalue weighted by atomic mass is 10.0. The zero-order valence-electron chi connectivity index (χ0n) is 18.8. The summed E-state index contributed by atoms with van der Waals surface area (Å²) in [6.07, 6.45) is 0.544. The minimum Gasteiger partial charge on any atom is -0.325 e. The van der Waals surface area contributed by atoms with Crippen LogP contribution in [0, 0.1) is 0 Å². The zero-order valence-corrected chi connectivity index (χ0v) is 18.8. The van der Waals surface area contributed by atoms with E-state index in [0.717, 1.165) is 11.1 Å². The number of hydrogen-bond acceptors (Lipinski definition) is 3. The molecule has 168 valence electrons. The number of nitrogens with one attached hydrogen (secondary N) is 1. The van der Waals surface area contributed by atoms with Crippen molar-refractivity contribution in [2.45, 2.75) is 39.3 Å². The lowest BCUT2D eigenvalue weighted by molar-refractivity contribution is -0.116. The van der Waals surface area contributed by atoms with Crippen molar-refractivity contribution in [1.29, 1.82) is 0 Å². The number of nitrogens with zero attached hydrogens (tertiary/aromatic N) is 2. The monoisotopic (exact) mass is 441 g/mol. The highest BCUT2D eigenvalue weighted by Gasteiger charge is 2.15. The van der Waals surface area contributed by atoms with E-state index in [-0.39, 0.29) is 24.6 Å². The smallest absolute Gasteiger partial charge is 0.325 e. The minimum absolute atomic E-state index is 0.184. The number of rotatable bonds is 7. The number of carbonyl (C=O) groups excluding carboxylic acids is 1. The molecule has 0 atom stereocenters. The maximum atomic E-state index is 13.3. The molecule has 0 saturated carbocycles. The number of aryl methyl sites for hydroxylation is 1. The van der Waals surface area contributed by atoms with Crippen LogP contribution in [0.3, 0.4) is 0 Å². The Morgan fingerprint density at radius 2 is 1.61 bits per heavy atom. The van der Waals surface area contributed by atoms with Crippen molar-refractivity contribution in [2.24, 2.45) is 0 Å². The summed E-state index contributed by atoms with van der Waals surface area (Å²) in [5.41, 5.74) is 2.46. The van der Waals surface area contributed by atoms with E-state index in [1.54, 1.807) is 24.3 Å². The van der Waals surface area contributed by atoms with Crippen molar-refractivity contribution in [3.8, 4) is 0 Å². The summed E-state index contributed by atoms with van der Waals surface area (Å²) < 4.78 is 2.60. The molecule has 0 aliphatic rings. The number of benzene rings is 3. The van der Waals surface area contributed by atoms with Gasteiger partial charge in [0.05, 0.1) is 10.9 Å². The number of para-hydroxylation sites is 1. The zero-order chi connectivity index (χ0) is 23.4. The van der Waals surface area contributed by atoms with Gasteiger partial charge in [0.25, 0.3) is 5.56 Å². The number of hydrogen-bond donors (Lipinski definition) is 1. The minimum atomic E-state index is -0.485. The van der Waals surface area contributed by atoms with Gasteiger partial charge in [0.15, 0.2) is 0 Å². The Morgan fingerprint density at radius 1 is 0.879 bits per heavy atom. The van der Waals surface area contributed by atoms with Crippen LogP contribution in [0.2, 0.25) is 0 Å². The molecule has 1 N–H and O–H groups in total. The first kappa shape index (κ1) is 22.3. The van der Waals surface area contributed by atoms with E-state index in [0.29, 0.717) is 28.9 Å². The number of fused-ring (bicyclic) bond motifs is 1. The van der Waals surface area contributed by atoms with Gasteiger partial charge in [-0.25, -0.2) is 4.79 Å². The molecule has 33 heavy (non-hydrogen) atoms. The van der Waals surface area contributed by atoms with Crippen molar-refractivity contribution < 1.29 is 4.79 Å². The summed E-state index contributed by atoms with van der Waals surface area (Å²) in [6, 6.07) is 24.3. The van der Waals surface area contributed by atoms with Crippen LogP contribution in [-0.2, 0) is 24.3 Å². The van der Waals surface area contributed by atoms with Crippen LogP contribution in [0.15, 0.2) is 88.5 Å². The summed E-state index contributed by atoms with van der Waals surface area (Å²) in [5.74, 6) is 0.0120. The van der Waals surface area contributed by atoms with Crippen molar-refractivity contribution in [2.75, 3.05) is 5.32 Å². The van der Waals surface area contributed by atoms with Crippen LogP contribution in [0.5, 0.6) is 0 Å². The third-order valence-electron chi connectivity index (χ3n) is 5.74. The molecular weight excluding hydrogens is 414 g/mol. The van der Waals surface area contributed by atoms with E-state index in [2.05, 4.69) is 19.2 Å². The van der Waals surface area contributed by atoms with Gasteiger partial charge < -0.3 is 5.32 Å². The highest BCUT2D eigenvalue weighted by atomic mass is 16.2. The molecule has 0 aliphatic heterocycles. The lowest BCUT2D eigenvalue weighted by Gasteiger charge is -2.15. The SMILES string of the molecule is CC(C)c1cccc(NC(=O)Cn2c(=O)n(CCc3ccccc3)c(=O)c3ccccc32)c1. The van der Waals surface area contributed by atoms with Gasteiger partial charge in [0.2, 0.25) is 5.91 Å². The standard InChI is InChI=1S/C27H27N3O3/c1-19(2)21-11-8-12-22(17-21)28-25(31)18-30-24-14-7-6-13-23(24)26(32)29(27(30)33)16-15-20-9-4-3-5-10-20/h3-14,17,19H,15-16,18H2,1-2H3,(H,28,31). The molecule has 0 spiro atoms. The third-order valence-corrected chi connectivity index (χ3v) is 5.74. The Morgan fingerprint density at radius 3 is 2.36 bits per heavy atom. The van der Waals surface area contributed by atoms with Gasteiger partial charge in [-0.1, -0.05) is 68.4 Å². The van der Waals surface area contributed by atoms with Crippen molar-refractivity contribution >= 4 is 22.5 Å². The summed E-state index contributed by atoms with van der Waals surface area (Å²) in [7, 11) is 0. The molecule has 1 heterocycles. The van der Waals surface area contributed by atoms with Gasteiger partial charge in [-0.3, -0.25) is 18.7 Å². The molecule has 0 unspecified atom stereocenters. The summed E-state index contributed by atoms with van der Waals surface area (Å²) in [4.78, 5) is 39.2. The lowest BCUT2D eigenvalue weighted by Crippen LogP contribution is -2.42. The van der Waals surface area contributed by atoms with E-state index < -0.39 is 5.69 Å². The molecule has 1 aromatic heterocycles. The maximum Gasteiger partial charge on any atom is 0.331 e. The molecule has 6 heteroatoms. The molecule has 4 aromatic rings. The summed E-state index contributed by atoms with van der Waals surface area (Å²) >= 11 is 0. The van der Waals surface area contributed by atoms with Crippen LogP contribution >= 0.6 is 0 Å². The Kier molecular flexibility index (Phi) is 6.54. The fourth-order valence-corrected chi connectivity index (χ4v) is 3.93. The first-order valence-corrected chi connectivity index (χ1v) is 11.1. The average molecular weight is 442 g/mol. The Bertz CT molecular complexity index is 1400. The predicted molar refractivity (Wildman–Crippen MR) is 132 cm³/mol.